The van der Waals surface area contributed by atoms with E-state index in [2.05, 4.69) is 27.0 Å². The van der Waals surface area contributed by atoms with Crippen molar-refractivity contribution in [1.29, 1.82) is 0 Å². The average molecular weight is 303 g/mol. The van der Waals surface area contributed by atoms with Crippen LogP contribution in [0, 0.1) is 0 Å². The molecule has 7 heteroatoms. The van der Waals surface area contributed by atoms with Gasteiger partial charge in [0.25, 0.3) is 5.91 Å². The molecule has 3 heterocycles. The van der Waals surface area contributed by atoms with E-state index in [1.54, 1.807) is 12.3 Å². The SMILES string of the molecule is CCc1cnc(CN2CCCC(c3cc(C(N)=O)n[nH]3)C2)o1. The Labute approximate surface area is 128 Å². The average Bonchev–Trinajstić information content (AvgIpc) is 3.16. The molecule has 0 aliphatic carbocycles. The van der Waals surface area contributed by atoms with Crippen molar-refractivity contribution in [2.75, 3.05) is 13.1 Å². The zero-order valence-corrected chi connectivity index (χ0v) is 12.7. The van der Waals surface area contributed by atoms with Crippen LogP contribution in [0.2, 0.25) is 0 Å². The van der Waals surface area contributed by atoms with Crippen molar-refractivity contribution in [3.05, 3.63) is 35.3 Å². The van der Waals surface area contributed by atoms with Gasteiger partial charge < -0.3 is 10.2 Å². The molecule has 0 bridgehead atoms. The molecule has 1 fully saturated rings. The number of hydrogen-bond donors (Lipinski definition) is 2. The molecule has 1 saturated heterocycles. The predicted molar refractivity (Wildman–Crippen MR) is 80.2 cm³/mol. The molecule has 7 nitrogen and oxygen atoms in total. The summed E-state index contributed by atoms with van der Waals surface area (Å²) in [4.78, 5) is 17.8. The minimum atomic E-state index is -0.498. The summed E-state index contributed by atoms with van der Waals surface area (Å²) in [7, 11) is 0. The van der Waals surface area contributed by atoms with Crippen LogP contribution in [0.3, 0.4) is 0 Å². The minimum Gasteiger partial charge on any atom is -0.444 e. The van der Waals surface area contributed by atoms with E-state index in [4.69, 9.17) is 10.2 Å². The number of aryl methyl sites for hydroxylation is 1. The highest BCUT2D eigenvalue weighted by Gasteiger charge is 2.24. The topological polar surface area (TPSA) is 101 Å². The van der Waals surface area contributed by atoms with E-state index >= 15 is 0 Å². The van der Waals surface area contributed by atoms with Gasteiger partial charge in [0.2, 0.25) is 5.89 Å². The van der Waals surface area contributed by atoms with Crippen LogP contribution >= 0.6 is 0 Å². The normalized spacial score (nSPS) is 19.4. The first-order valence-corrected chi connectivity index (χ1v) is 7.66. The Morgan fingerprint density at radius 1 is 1.59 bits per heavy atom. The van der Waals surface area contributed by atoms with Gasteiger partial charge >= 0.3 is 0 Å². The lowest BCUT2D eigenvalue weighted by Crippen LogP contribution is -2.34. The number of aromatic amines is 1. The number of carbonyl (C=O) groups excluding carboxylic acids is 1. The van der Waals surface area contributed by atoms with E-state index in [1.807, 2.05) is 0 Å². The largest absolute Gasteiger partial charge is 0.444 e. The second-order valence-electron chi connectivity index (χ2n) is 5.72. The number of nitrogens with two attached hydrogens (primary N) is 1. The van der Waals surface area contributed by atoms with Crippen molar-refractivity contribution in [3.63, 3.8) is 0 Å². The quantitative estimate of drug-likeness (QED) is 0.870. The maximum atomic E-state index is 11.1. The molecule has 0 aromatic carbocycles. The number of nitrogens with zero attached hydrogens (tertiary/aromatic N) is 3. The molecular formula is C15H21N5O2. The summed E-state index contributed by atoms with van der Waals surface area (Å²) in [6, 6.07) is 1.76. The molecule has 0 radical (unpaired) electrons. The van der Waals surface area contributed by atoms with E-state index in [-0.39, 0.29) is 0 Å². The Balaban J connectivity index is 1.64. The molecule has 3 rings (SSSR count). The third-order valence-electron chi connectivity index (χ3n) is 4.10. The van der Waals surface area contributed by atoms with Crippen LogP contribution < -0.4 is 5.73 Å². The minimum absolute atomic E-state index is 0.299. The first-order valence-electron chi connectivity index (χ1n) is 7.66. The highest BCUT2D eigenvalue weighted by Crippen LogP contribution is 2.26. The van der Waals surface area contributed by atoms with Crippen molar-refractivity contribution in [3.8, 4) is 0 Å². The second kappa shape index (κ2) is 6.31. The molecule has 3 N–H and O–H groups in total. The lowest BCUT2D eigenvalue weighted by molar-refractivity contribution is 0.0995. The van der Waals surface area contributed by atoms with Gasteiger partial charge in [-0.2, -0.15) is 5.10 Å². The summed E-state index contributed by atoms with van der Waals surface area (Å²) in [6.45, 7) is 4.68. The number of nitrogens with one attached hydrogen (secondary N) is 1. The summed E-state index contributed by atoms with van der Waals surface area (Å²) in [6.07, 6.45) is 4.82. The summed E-state index contributed by atoms with van der Waals surface area (Å²) in [5.41, 5.74) is 6.52. The van der Waals surface area contributed by atoms with Crippen LogP contribution in [0.25, 0.3) is 0 Å². The van der Waals surface area contributed by atoms with Crippen LogP contribution in [0.4, 0.5) is 0 Å². The molecule has 0 spiro atoms. The maximum absolute atomic E-state index is 11.1. The molecule has 1 amide bonds. The highest BCUT2D eigenvalue weighted by molar-refractivity contribution is 5.90. The van der Waals surface area contributed by atoms with Gasteiger partial charge in [-0.25, -0.2) is 4.98 Å². The fourth-order valence-electron chi connectivity index (χ4n) is 2.90. The monoisotopic (exact) mass is 303 g/mol. The van der Waals surface area contributed by atoms with E-state index in [0.29, 0.717) is 18.2 Å². The van der Waals surface area contributed by atoms with Crippen LogP contribution in [-0.2, 0) is 13.0 Å². The zero-order valence-electron chi connectivity index (χ0n) is 12.7. The molecule has 2 aromatic rings. The van der Waals surface area contributed by atoms with Gasteiger partial charge in [-0.15, -0.1) is 0 Å². The fraction of sp³-hybridized carbons (Fsp3) is 0.533. The molecular weight excluding hydrogens is 282 g/mol. The Bertz CT molecular complexity index is 648. The van der Waals surface area contributed by atoms with Crippen LogP contribution in [0.1, 0.15) is 53.5 Å². The fourth-order valence-corrected chi connectivity index (χ4v) is 2.90. The first kappa shape index (κ1) is 14.8. The number of amides is 1. The molecule has 1 atom stereocenters. The van der Waals surface area contributed by atoms with E-state index < -0.39 is 5.91 Å². The zero-order chi connectivity index (χ0) is 15.5. The van der Waals surface area contributed by atoms with Gasteiger partial charge in [-0.05, 0) is 25.5 Å². The Morgan fingerprint density at radius 2 is 2.45 bits per heavy atom. The lowest BCUT2D eigenvalue weighted by Gasteiger charge is -2.31. The van der Waals surface area contributed by atoms with Crippen molar-refractivity contribution in [2.24, 2.45) is 5.73 Å². The summed E-state index contributed by atoms with van der Waals surface area (Å²) in [5.74, 6) is 1.51. The number of hydrogen-bond acceptors (Lipinski definition) is 5. The van der Waals surface area contributed by atoms with Crippen LogP contribution in [-0.4, -0.2) is 39.1 Å². The number of likely N-dealkylation sites (tertiary alicyclic amines) is 1. The van der Waals surface area contributed by atoms with Gasteiger partial charge in [0, 0.05) is 24.6 Å². The van der Waals surface area contributed by atoms with E-state index in [0.717, 1.165) is 49.7 Å². The van der Waals surface area contributed by atoms with Gasteiger partial charge in [-0.1, -0.05) is 6.92 Å². The lowest BCUT2D eigenvalue weighted by atomic mass is 9.94. The number of rotatable bonds is 5. The molecule has 2 aromatic heterocycles. The Hall–Kier alpha value is -2.15. The van der Waals surface area contributed by atoms with Gasteiger partial charge in [0.15, 0.2) is 0 Å². The van der Waals surface area contributed by atoms with Crippen molar-refractivity contribution < 1.29 is 9.21 Å². The predicted octanol–water partition coefficient (Wildman–Crippen LogP) is 1.44. The van der Waals surface area contributed by atoms with Gasteiger partial charge in [0.1, 0.15) is 11.5 Å². The van der Waals surface area contributed by atoms with E-state index in [9.17, 15) is 4.79 Å². The number of primary amides is 1. The van der Waals surface area contributed by atoms with Crippen molar-refractivity contribution in [1.82, 2.24) is 20.1 Å². The van der Waals surface area contributed by atoms with E-state index in [1.165, 1.54) is 0 Å². The summed E-state index contributed by atoms with van der Waals surface area (Å²) >= 11 is 0. The molecule has 22 heavy (non-hydrogen) atoms. The van der Waals surface area contributed by atoms with Gasteiger partial charge in [-0.3, -0.25) is 14.8 Å². The standard InChI is InChI=1S/C15H21N5O2/c1-2-11-7-17-14(22-11)9-20-5-3-4-10(8-20)12-6-13(15(16)21)19-18-12/h6-7,10H,2-5,8-9H2,1H3,(H2,16,21)(H,18,19). The molecule has 1 aliphatic rings. The second-order valence-corrected chi connectivity index (χ2v) is 5.72. The maximum Gasteiger partial charge on any atom is 0.269 e. The Kier molecular flexibility index (Phi) is 4.24. The molecule has 1 unspecified atom stereocenters. The Morgan fingerprint density at radius 3 is 3.14 bits per heavy atom. The first-order chi connectivity index (χ1) is 10.7. The highest BCUT2D eigenvalue weighted by atomic mass is 16.4. The third-order valence-corrected chi connectivity index (χ3v) is 4.10. The number of carbonyl (C=O) groups is 1. The smallest absolute Gasteiger partial charge is 0.269 e. The number of piperidine rings is 1. The summed E-state index contributed by atoms with van der Waals surface area (Å²) < 4.78 is 5.68. The van der Waals surface area contributed by atoms with Gasteiger partial charge in [0.05, 0.1) is 12.7 Å². The number of H-pyrrole nitrogens is 1. The van der Waals surface area contributed by atoms with Crippen LogP contribution in [0.15, 0.2) is 16.7 Å². The van der Waals surface area contributed by atoms with Crippen molar-refractivity contribution in [2.45, 2.75) is 38.6 Å². The number of oxazole rings is 1. The summed E-state index contributed by atoms with van der Waals surface area (Å²) in [5, 5.41) is 6.90. The molecule has 1 aliphatic heterocycles. The van der Waals surface area contributed by atoms with Crippen molar-refractivity contribution >= 4 is 5.91 Å². The van der Waals surface area contributed by atoms with Crippen LogP contribution in [0.5, 0.6) is 0 Å². The third kappa shape index (κ3) is 3.19. The number of aromatic nitrogens is 3. The molecule has 0 saturated carbocycles. The molecule has 118 valence electrons.